The molecule has 0 aliphatic carbocycles. The number of hydrogen-bond acceptors (Lipinski definition) is 5. The highest BCUT2D eigenvalue weighted by molar-refractivity contribution is 7.89. The fourth-order valence-electron chi connectivity index (χ4n) is 3.86. The fourth-order valence-corrected chi connectivity index (χ4v) is 5.40. The number of benzene rings is 2. The SMILES string of the molecule is Cc1nn(-c2ccc(F)cc2)c2c1C=Nc1cc(S(=O)(=O)N3CCCCC3)ccc1O2. The Labute approximate surface area is 179 Å². The van der Waals surface area contributed by atoms with Gasteiger partial charge in [0.05, 0.1) is 21.8 Å². The first-order valence-corrected chi connectivity index (χ1v) is 11.6. The van der Waals surface area contributed by atoms with Crippen molar-refractivity contribution in [2.24, 2.45) is 4.99 Å². The van der Waals surface area contributed by atoms with Crippen LogP contribution in [0.15, 0.2) is 52.4 Å². The molecule has 3 aromatic rings. The number of aryl methyl sites for hydroxylation is 1. The van der Waals surface area contributed by atoms with Gasteiger partial charge < -0.3 is 4.74 Å². The van der Waals surface area contributed by atoms with Gasteiger partial charge >= 0.3 is 0 Å². The number of aromatic nitrogens is 2. The topological polar surface area (TPSA) is 76.8 Å². The molecule has 2 aliphatic heterocycles. The standard InChI is InChI=1S/C22H21FN4O3S/c1-15-19-14-24-20-13-18(31(28,29)26-11-3-2-4-12-26)9-10-21(20)30-22(19)27(25-15)17-7-5-16(23)6-8-17/h5-10,13-14H,2-4,11-12H2,1H3. The normalized spacial score (nSPS) is 16.3. The first kappa shape index (κ1) is 19.9. The average Bonchev–Trinajstić information content (AvgIpc) is 2.96. The summed E-state index contributed by atoms with van der Waals surface area (Å²) in [5, 5.41) is 4.50. The molecule has 0 spiro atoms. The molecular weight excluding hydrogens is 419 g/mol. The van der Waals surface area contributed by atoms with Crippen molar-refractivity contribution in [3.63, 3.8) is 0 Å². The van der Waals surface area contributed by atoms with Crippen LogP contribution in [0, 0.1) is 12.7 Å². The highest BCUT2D eigenvalue weighted by atomic mass is 32.2. The van der Waals surface area contributed by atoms with Gasteiger partial charge in [0.2, 0.25) is 15.9 Å². The maximum Gasteiger partial charge on any atom is 0.243 e. The lowest BCUT2D eigenvalue weighted by atomic mass is 10.2. The molecule has 3 heterocycles. The van der Waals surface area contributed by atoms with E-state index >= 15 is 0 Å². The van der Waals surface area contributed by atoms with Gasteiger partial charge in [-0.05, 0) is 62.2 Å². The third kappa shape index (κ3) is 3.53. The lowest BCUT2D eigenvalue weighted by Gasteiger charge is -2.26. The van der Waals surface area contributed by atoms with Crippen LogP contribution in [0.2, 0.25) is 0 Å². The van der Waals surface area contributed by atoms with E-state index in [4.69, 9.17) is 4.74 Å². The van der Waals surface area contributed by atoms with Crippen molar-refractivity contribution in [3.8, 4) is 17.3 Å². The second-order valence-corrected chi connectivity index (χ2v) is 9.58. The molecule has 1 fully saturated rings. The second kappa shape index (κ2) is 7.58. The molecule has 0 N–H and O–H groups in total. The van der Waals surface area contributed by atoms with E-state index in [1.807, 2.05) is 6.92 Å². The summed E-state index contributed by atoms with van der Waals surface area (Å²) < 4.78 is 48.7. The van der Waals surface area contributed by atoms with Gasteiger partial charge in [0.25, 0.3) is 0 Å². The van der Waals surface area contributed by atoms with E-state index in [-0.39, 0.29) is 10.7 Å². The Hall–Kier alpha value is -3.04. The monoisotopic (exact) mass is 440 g/mol. The highest BCUT2D eigenvalue weighted by Crippen LogP contribution is 2.39. The highest BCUT2D eigenvalue weighted by Gasteiger charge is 2.28. The maximum absolute atomic E-state index is 13.3. The Balaban J connectivity index is 1.53. The van der Waals surface area contributed by atoms with Crippen molar-refractivity contribution in [3.05, 3.63) is 59.5 Å². The Morgan fingerprint density at radius 3 is 2.52 bits per heavy atom. The molecule has 0 bridgehead atoms. The minimum atomic E-state index is -3.57. The number of halogens is 1. The van der Waals surface area contributed by atoms with E-state index in [0.717, 1.165) is 19.3 Å². The van der Waals surface area contributed by atoms with Crippen LogP contribution >= 0.6 is 0 Å². The molecule has 1 aromatic heterocycles. The van der Waals surface area contributed by atoms with E-state index in [1.54, 1.807) is 41.2 Å². The number of ether oxygens (including phenoxy) is 1. The largest absolute Gasteiger partial charge is 0.436 e. The molecule has 1 saturated heterocycles. The van der Waals surface area contributed by atoms with Crippen molar-refractivity contribution in [1.29, 1.82) is 0 Å². The summed E-state index contributed by atoms with van der Waals surface area (Å²) in [6.45, 7) is 2.91. The van der Waals surface area contributed by atoms with Crippen molar-refractivity contribution in [1.82, 2.24) is 14.1 Å². The maximum atomic E-state index is 13.3. The third-order valence-electron chi connectivity index (χ3n) is 5.56. The van der Waals surface area contributed by atoms with Crippen LogP contribution in [0.3, 0.4) is 0 Å². The number of hydrogen-bond donors (Lipinski definition) is 0. The third-order valence-corrected chi connectivity index (χ3v) is 7.45. The molecule has 2 aliphatic rings. The van der Waals surface area contributed by atoms with E-state index < -0.39 is 10.0 Å². The van der Waals surface area contributed by atoms with Gasteiger partial charge in [0, 0.05) is 19.3 Å². The molecular formula is C22H21FN4O3S. The smallest absolute Gasteiger partial charge is 0.243 e. The summed E-state index contributed by atoms with van der Waals surface area (Å²) in [7, 11) is -3.57. The first-order chi connectivity index (χ1) is 14.9. The predicted octanol–water partition coefficient (Wildman–Crippen LogP) is 4.35. The van der Waals surface area contributed by atoms with Gasteiger partial charge in [-0.1, -0.05) is 6.42 Å². The summed E-state index contributed by atoms with van der Waals surface area (Å²) in [6.07, 6.45) is 4.43. The van der Waals surface area contributed by atoms with Gasteiger partial charge in [-0.25, -0.2) is 12.8 Å². The lowest BCUT2D eigenvalue weighted by Crippen LogP contribution is -2.35. The summed E-state index contributed by atoms with van der Waals surface area (Å²) in [5.41, 5.74) is 2.45. The van der Waals surface area contributed by atoms with Gasteiger partial charge in [0.15, 0.2) is 5.75 Å². The van der Waals surface area contributed by atoms with Crippen molar-refractivity contribution >= 4 is 21.9 Å². The fraction of sp³-hybridized carbons (Fsp3) is 0.273. The van der Waals surface area contributed by atoms with Crippen molar-refractivity contribution in [2.45, 2.75) is 31.1 Å². The van der Waals surface area contributed by atoms with Crippen LogP contribution in [0.1, 0.15) is 30.5 Å². The molecule has 0 saturated carbocycles. The van der Waals surface area contributed by atoms with Crippen LogP contribution in [0.5, 0.6) is 11.6 Å². The molecule has 2 aromatic carbocycles. The van der Waals surface area contributed by atoms with Gasteiger partial charge in [0.1, 0.15) is 11.5 Å². The van der Waals surface area contributed by atoms with Crippen LogP contribution in [-0.4, -0.2) is 41.8 Å². The quantitative estimate of drug-likeness (QED) is 0.475. The van der Waals surface area contributed by atoms with Gasteiger partial charge in [-0.15, -0.1) is 0 Å². The van der Waals surface area contributed by atoms with E-state index in [2.05, 4.69) is 10.1 Å². The first-order valence-electron chi connectivity index (χ1n) is 10.2. The molecule has 7 nitrogen and oxygen atoms in total. The number of aliphatic imine (C=N–C) groups is 1. The molecule has 160 valence electrons. The van der Waals surface area contributed by atoms with Crippen LogP contribution < -0.4 is 4.74 Å². The number of rotatable bonds is 3. The van der Waals surface area contributed by atoms with E-state index in [0.29, 0.717) is 47.4 Å². The Bertz CT molecular complexity index is 1280. The molecule has 0 amide bonds. The van der Waals surface area contributed by atoms with Crippen LogP contribution in [-0.2, 0) is 10.0 Å². The van der Waals surface area contributed by atoms with Gasteiger partial charge in [-0.3, -0.25) is 4.99 Å². The molecule has 5 rings (SSSR count). The molecule has 0 unspecified atom stereocenters. The predicted molar refractivity (Wildman–Crippen MR) is 115 cm³/mol. The number of fused-ring (bicyclic) bond motifs is 2. The van der Waals surface area contributed by atoms with Gasteiger partial charge in [-0.2, -0.15) is 14.1 Å². The average molecular weight is 441 g/mol. The molecule has 9 heteroatoms. The lowest BCUT2D eigenvalue weighted by molar-refractivity contribution is 0.346. The Morgan fingerprint density at radius 1 is 1.03 bits per heavy atom. The van der Waals surface area contributed by atoms with Crippen LogP contribution in [0.25, 0.3) is 5.69 Å². The minimum absolute atomic E-state index is 0.205. The van der Waals surface area contributed by atoms with Crippen molar-refractivity contribution in [2.75, 3.05) is 13.1 Å². The second-order valence-electron chi connectivity index (χ2n) is 7.65. The summed E-state index contributed by atoms with van der Waals surface area (Å²) in [6, 6.07) is 10.7. The van der Waals surface area contributed by atoms with E-state index in [1.165, 1.54) is 16.4 Å². The number of nitrogens with zero attached hydrogens (tertiary/aromatic N) is 4. The van der Waals surface area contributed by atoms with Crippen molar-refractivity contribution < 1.29 is 17.5 Å². The zero-order valence-electron chi connectivity index (χ0n) is 17.0. The summed E-state index contributed by atoms with van der Waals surface area (Å²) >= 11 is 0. The summed E-state index contributed by atoms with van der Waals surface area (Å²) in [5.74, 6) is 0.531. The number of piperidine rings is 1. The minimum Gasteiger partial charge on any atom is -0.436 e. The Kier molecular flexibility index (Phi) is 4.86. The zero-order valence-corrected chi connectivity index (χ0v) is 17.8. The summed E-state index contributed by atoms with van der Waals surface area (Å²) in [4.78, 5) is 4.69. The molecule has 31 heavy (non-hydrogen) atoms. The molecule has 0 atom stereocenters. The van der Waals surface area contributed by atoms with Crippen LogP contribution in [0.4, 0.5) is 10.1 Å². The molecule has 0 radical (unpaired) electrons. The number of sulfonamides is 1. The van der Waals surface area contributed by atoms with E-state index in [9.17, 15) is 12.8 Å². The Morgan fingerprint density at radius 2 is 1.77 bits per heavy atom. The zero-order chi connectivity index (χ0) is 21.6.